The molecule has 1 atom stereocenters. The van der Waals surface area contributed by atoms with E-state index in [1.54, 1.807) is 6.07 Å². The molecule has 1 aromatic carbocycles. The van der Waals surface area contributed by atoms with Crippen molar-refractivity contribution in [2.24, 2.45) is 11.7 Å². The van der Waals surface area contributed by atoms with Crippen molar-refractivity contribution in [1.82, 2.24) is 4.90 Å². The van der Waals surface area contributed by atoms with Gasteiger partial charge in [0.05, 0.1) is 0 Å². The number of nitrogens with zero attached hydrogens (tertiary/aromatic N) is 1. The standard InChI is InChI=1S/C14H20BrFN2.ClH/c15-13-6-12(7-14(16)8-13)10-18-5-1-2-11(9-18)3-4-17;/h6-8,11H,1-5,9-10,17H2;1H. The highest BCUT2D eigenvalue weighted by Gasteiger charge is 2.19. The molecule has 1 aliphatic heterocycles. The zero-order chi connectivity index (χ0) is 13.0. The first-order valence-corrected chi connectivity index (χ1v) is 7.34. The summed E-state index contributed by atoms with van der Waals surface area (Å²) in [5.74, 6) is 0.538. The minimum atomic E-state index is -0.171. The third-order valence-electron chi connectivity index (χ3n) is 3.51. The van der Waals surface area contributed by atoms with E-state index < -0.39 is 0 Å². The fourth-order valence-corrected chi connectivity index (χ4v) is 3.24. The first-order valence-electron chi connectivity index (χ1n) is 6.55. The third-order valence-corrected chi connectivity index (χ3v) is 3.96. The van der Waals surface area contributed by atoms with Crippen LogP contribution in [0.4, 0.5) is 4.39 Å². The lowest BCUT2D eigenvalue weighted by Gasteiger charge is -2.32. The van der Waals surface area contributed by atoms with Gasteiger partial charge in [0.2, 0.25) is 0 Å². The van der Waals surface area contributed by atoms with E-state index in [9.17, 15) is 4.39 Å². The molecule has 0 aromatic heterocycles. The minimum Gasteiger partial charge on any atom is -0.330 e. The van der Waals surface area contributed by atoms with Crippen LogP contribution >= 0.6 is 28.3 Å². The average Bonchev–Trinajstić information content (AvgIpc) is 2.28. The van der Waals surface area contributed by atoms with Crippen molar-refractivity contribution in [3.05, 3.63) is 34.1 Å². The van der Waals surface area contributed by atoms with E-state index in [-0.39, 0.29) is 18.2 Å². The number of benzene rings is 1. The molecule has 2 N–H and O–H groups in total. The Kier molecular flexibility index (Phi) is 7.29. The molecule has 5 heteroatoms. The van der Waals surface area contributed by atoms with Gasteiger partial charge < -0.3 is 5.73 Å². The average molecular weight is 352 g/mol. The van der Waals surface area contributed by atoms with Crippen molar-refractivity contribution >= 4 is 28.3 Å². The van der Waals surface area contributed by atoms with E-state index in [1.165, 1.54) is 18.9 Å². The molecule has 0 saturated carbocycles. The summed E-state index contributed by atoms with van der Waals surface area (Å²) in [7, 11) is 0. The Bertz CT molecular complexity index is 381. The fraction of sp³-hybridized carbons (Fsp3) is 0.571. The predicted molar refractivity (Wildman–Crippen MR) is 83.0 cm³/mol. The first kappa shape index (κ1) is 16.9. The van der Waals surface area contributed by atoms with Crippen molar-refractivity contribution in [3.8, 4) is 0 Å². The maximum Gasteiger partial charge on any atom is 0.124 e. The van der Waals surface area contributed by atoms with Gasteiger partial charge in [-0.2, -0.15) is 0 Å². The monoisotopic (exact) mass is 350 g/mol. The van der Waals surface area contributed by atoms with Crippen LogP contribution in [0.25, 0.3) is 0 Å². The molecule has 2 nitrogen and oxygen atoms in total. The fourth-order valence-electron chi connectivity index (χ4n) is 2.73. The topological polar surface area (TPSA) is 29.3 Å². The summed E-state index contributed by atoms with van der Waals surface area (Å²) in [6.07, 6.45) is 3.60. The lowest BCUT2D eigenvalue weighted by molar-refractivity contribution is 0.163. The van der Waals surface area contributed by atoms with Crippen molar-refractivity contribution in [1.29, 1.82) is 0 Å². The van der Waals surface area contributed by atoms with Gasteiger partial charge >= 0.3 is 0 Å². The van der Waals surface area contributed by atoms with E-state index in [2.05, 4.69) is 20.8 Å². The Morgan fingerprint density at radius 2 is 2.16 bits per heavy atom. The molecule has 1 aliphatic rings. The summed E-state index contributed by atoms with van der Waals surface area (Å²) in [4.78, 5) is 2.41. The molecular formula is C14H21BrClFN2. The maximum absolute atomic E-state index is 13.3. The van der Waals surface area contributed by atoms with Gasteiger partial charge in [0.25, 0.3) is 0 Å². The molecule has 0 aliphatic carbocycles. The van der Waals surface area contributed by atoms with Gasteiger partial charge in [-0.3, -0.25) is 4.90 Å². The van der Waals surface area contributed by atoms with Gasteiger partial charge in [-0.15, -0.1) is 12.4 Å². The summed E-state index contributed by atoms with van der Waals surface area (Å²) in [6, 6.07) is 5.11. The quantitative estimate of drug-likeness (QED) is 0.898. The zero-order valence-corrected chi connectivity index (χ0v) is 13.4. The molecule has 1 fully saturated rings. The van der Waals surface area contributed by atoms with Crippen LogP contribution < -0.4 is 5.73 Å². The molecule has 0 spiro atoms. The lowest BCUT2D eigenvalue weighted by atomic mass is 9.94. The normalized spacial score (nSPS) is 20.1. The van der Waals surface area contributed by atoms with E-state index in [0.29, 0.717) is 5.92 Å². The number of rotatable bonds is 4. The summed E-state index contributed by atoms with van der Waals surface area (Å²) in [5.41, 5.74) is 6.66. The number of likely N-dealkylation sites (tertiary alicyclic amines) is 1. The molecule has 1 heterocycles. The predicted octanol–water partition coefficient (Wildman–Crippen LogP) is 3.57. The van der Waals surface area contributed by atoms with E-state index in [1.807, 2.05) is 6.07 Å². The van der Waals surface area contributed by atoms with Crippen molar-refractivity contribution in [2.45, 2.75) is 25.8 Å². The van der Waals surface area contributed by atoms with Crippen LogP contribution in [-0.2, 0) is 6.54 Å². The van der Waals surface area contributed by atoms with Crippen LogP contribution in [0, 0.1) is 11.7 Å². The van der Waals surface area contributed by atoms with Crippen LogP contribution in [0.3, 0.4) is 0 Å². The minimum absolute atomic E-state index is 0. The number of halogens is 3. The molecular weight excluding hydrogens is 331 g/mol. The second kappa shape index (κ2) is 8.20. The van der Waals surface area contributed by atoms with E-state index in [0.717, 1.165) is 42.6 Å². The molecule has 1 aromatic rings. The second-order valence-corrected chi connectivity index (χ2v) is 6.01. The molecule has 1 saturated heterocycles. The number of nitrogens with two attached hydrogens (primary N) is 1. The van der Waals surface area contributed by atoms with Gasteiger partial charge in [-0.05, 0) is 62.0 Å². The number of hydrogen-bond donors (Lipinski definition) is 1. The molecule has 2 rings (SSSR count). The Hall–Kier alpha value is -0.160. The Morgan fingerprint density at radius 1 is 1.37 bits per heavy atom. The Morgan fingerprint density at radius 3 is 2.84 bits per heavy atom. The van der Waals surface area contributed by atoms with Crippen LogP contribution in [0.1, 0.15) is 24.8 Å². The summed E-state index contributed by atoms with van der Waals surface area (Å²) >= 11 is 3.34. The molecule has 108 valence electrons. The van der Waals surface area contributed by atoms with Gasteiger partial charge in [-0.1, -0.05) is 15.9 Å². The van der Waals surface area contributed by atoms with Crippen molar-refractivity contribution in [3.63, 3.8) is 0 Å². The maximum atomic E-state index is 13.3. The van der Waals surface area contributed by atoms with E-state index in [4.69, 9.17) is 5.73 Å². The Labute approximate surface area is 129 Å². The molecule has 1 unspecified atom stereocenters. The van der Waals surface area contributed by atoms with Gasteiger partial charge in [0, 0.05) is 17.6 Å². The highest BCUT2D eigenvalue weighted by Crippen LogP contribution is 2.22. The highest BCUT2D eigenvalue weighted by molar-refractivity contribution is 9.10. The summed E-state index contributed by atoms with van der Waals surface area (Å²) in [6.45, 7) is 3.79. The summed E-state index contributed by atoms with van der Waals surface area (Å²) in [5, 5.41) is 0. The van der Waals surface area contributed by atoms with Crippen LogP contribution in [0.15, 0.2) is 22.7 Å². The summed E-state index contributed by atoms with van der Waals surface area (Å²) < 4.78 is 14.1. The molecule has 0 bridgehead atoms. The lowest BCUT2D eigenvalue weighted by Crippen LogP contribution is -2.35. The largest absolute Gasteiger partial charge is 0.330 e. The molecule has 0 amide bonds. The Balaban J connectivity index is 0.00000180. The molecule has 0 radical (unpaired) electrons. The molecule has 19 heavy (non-hydrogen) atoms. The van der Waals surface area contributed by atoms with Crippen molar-refractivity contribution in [2.75, 3.05) is 19.6 Å². The van der Waals surface area contributed by atoms with Gasteiger partial charge in [0.15, 0.2) is 0 Å². The third kappa shape index (κ3) is 5.38. The first-order chi connectivity index (χ1) is 8.67. The zero-order valence-electron chi connectivity index (χ0n) is 10.9. The number of piperidine rings is 1. The van der Waals surface area contributed by atoms with Gasteiger partial charge in [0.1, 0.15) is 5.82 Å². The SMILES string of the molecule is Cl.NCCC1CCCN(Cc2cc(F)cc(Br)c2)C1. The van der Waals surface area contributed by atoms with Gasteiger partial charge in [-0.25, -0.2) is 4.39 Å². The van der Waals surface area contributed by atoms with Crippen LogP contribution in [0.2, 0.25) is 0 Å². The highest BCUT2D eigenvalue weighted by atomic mass is 79.9. The number of hydrogen-bond acceptors (Lipinski definition) is 2. The van der Waals surface area contributed by atoms with Crippen LogP contribution in [0.5, 0.6) is 0 Å². The smallest absolute Gasteiger partial charge is 0.124 e. The second-order valence-electron chi connectivity index (χ2n) is 5.10. The van der Waals surface area contributed by atoms with E-state index >= 15 is 0 Å². The van der Waals surface area contributed by atoms with Crippen molar-refractivity contribution < 1.29 is 4.39 Å². The van der Waals surface area contributed by atoms with Crippen LogP contribution in [-0.4, -0.2) is 24.5 Å².